The maximum Gasteiger partial charge on any atom is 0.242 e. The molecule has 1 unspecified atom stereocenters. The summed E-state index contributed by atoms with van der Waals surface area (Å²) in [4.78, 5) is 27.9. The first-order chi connectivity index (χ1) is 14.8. The summed E-state index contributed by atoms with van der Waals surface area (Å²) < 4.78 is 0. The molecule has 0 radical (unpaired) electrons. The Bertz CT molecular complexity index is 929. The van der Waals surface area contributed by atoms with E-state index in [1.54, 1.807) is 36.1 Å². The van der Waals surface area contributed by atoms with E-state index in [1.807, 2.05) is 18.2 Å². The van der Waals surface area contributed by atoms with Gasteiger partial charge in [0.05, 0.1) is 16.5 Å². The minimum atomic E-state index is -0.622. The van der Waals surface area contributed by atoms with Gasteiger partial charge in [-0.3, -0.25) is 9.59 Å². The van der Waals surface area contributed by atoms with Gasteiger partial charge in [-0.15, -0.1) is 0 Å². The van der Waals surface area contributed by atoms with Crippen molar-refractivity contribution in [3.63, 3.8) is 0 Å². The van der Waals surface area contributed by atoms with Crippen LogP contribution in [-0.4, -0.2) is 28.8 Å². The van der Waals surface area contributed by atoms with Gasteiger partial charge in [0.1, 0.15) is 6.04 Å². The fourth-order valence-electron chi connectivity index (χ4n) is 3.91. The van der Waals surface area contributed by atoms with Gasteiger partial charge in [0.15, 0.2) is 0 Å². The molecule has 166 valence electrons. The number of hydrogen-bond acceptors (Lipinski definition) is 2. The van der Waals surface area contributed by atoms with Gasteiger partial charge in [0.25, 0.3) is 0 Å². The summed E-state index contributed by atoms with van der Waals surface area (Å²) in [7, 11) is 0. The minimum absolute atomic E-state index is 0.133. The Morgan fingerprint density at radius 1 is 1.00 bits per heavy atom. The fraction of sp³-hybridized carbons (Fsp3) is 0.417. The molecule has 0 bridgehead atoms. The summed E-state index contributed by atoms with van der Waals surface area (Å²) in [6.07, 6.45) is 5.59. The van der Waals surface area contributed by atoms with Crippen molar-refractivity contribution < 1.29 is 9.59 Å². The molecule has 31 heavy (non-hydrogen) atoms. The standard InChI is InChI=1S/C24H27Cl3N2O2/c1-16(24(31)28-20-8-3-2-4-9-20)29(15-18-10-11-21(26)22(27)13-18)23(30)14-17-6-5-7-19(25)12-17/h5-7,10-13,16,20H,2-4,8-9,14-15H2,1H3,(H,28,31). The van der Waals surface area contributed by atoms with E-state index in [-0.39, 0.29) is 30.8 Å². The molecule has 1 atom stereocenters. The molecule has 0 saturated heterocycles. The third kappa shape index (κ3) is 6.86. The van der Waals surface area contributed by atoms with Crippen molar-refractivity contribution in [2.75, 3.05) is 0 Å². The molecule has 2 aromatic rings. The topological polar surface area (TPSA) is 49.4 Å². The lowest BCUT2D eigenvalue weighted by Gasteiger charge is -2.31. The normalized spacial score (nSPS) is 15.4. The molecular formula is C24H27Cl3N2O2. The lowest BCUT2D eigenvalue weighted by molar-refractivity contribution is -0.140. The maximum absolute atomic E-state index is 13.3. The molecule has 1 fully saturated rings. The number of hydrogen-bond donors (Lipinski definition) is 1. The van der Waals surface area contributed by atoms with E-state index in [0.29, 0.717) is 15.1 Å². The van der Waals surface area contributed by atoms with Crippen LogP contribution in [0.4, 0.5) is 0 Å². The molecule has 0 aliphatic heterocycles. The SMILES string of the molecule is CC(C(=O)NC1CCCCC1)N(Cc1ccc(Cl)c(Cl)c1)C(=O)Cc1cccc(Cl)c1. The number of nitrogens with zero attached hydrogens (tertiary/aromatic N) is 1. The highest BCUT2D eigenvalue weighted by Gasteiger charge is 2.28. The van der Waals surface area contributed by atoms with Crippen LogP contribution in [0.5, 0.6) is 0 Å². The molecule has 2 amide bonds. The van der Waals surface area contributed by atoms with Crippen LogP contribution in [0, 0.1) is 0 Å². The minimum Gasteiger partial charge on any atom is -0.352 e. The van der Waals surface area contributed by atoms with Crippen molar-refractivity contribution in [1.82, 2.24) is 10.2 Å². The van der Waals surface area contributed by atoms with Gasteiger partial charge in [-0.05, 0) is 55.2 Å². The van der Waals surface area contributed by atoms with Gasteiger partial charge in [0.2, 0.25) is 11.8 Å². The summed E-state index contributed by atoms with van der Waals surface area (Å²) in [5.74, 6) is -0.286. The van der Waals surface area contributed by atoms with Crippen LogP contribution < -0.4 is 5.32 Å². The highest BCUT2D eigenvalue weighted by molar-refractivity contribution is 6.42. The second-order valence-corrected chi connectivity index (χ2v) is 9.35. The summed E-state index contributed by atoms with van der Waals surface area (Å²) in [5.41, 5.74) is 1.61. The van der Waals surface area contributed by atoms with Crippen LogP contribution >= 0.6 is 34.8 Å². The van der Waals surface area contributed by atoms with Gasteiger partial charge < -0.3 is 10.2 Å². The Morgan fingerprint density at radius 3 is 2.42 bits per heavy atom. The van der Waals surface area contributed by atoms with Crippen LogP contribution in [0.15, 0.2) is 42.5 Å². The molecule has 1 aliphatic rings. The van der Waals surface area contributed by atoms with Crippen LogP contribution in [0.2, 0.25) is 15.1 Å². The van der Waals surface area contributed by atoms with Crippen molar-refractivity contribution in [1.29, 1.82) is 0 Å². The molecule has 0 spiro atoms. The van der Waals surface area contributed by atoms with Gasteiger partial charge in [-0.25, -0.2) is 0 Å². The number of benzene rings is 2. The van der Waals surface area contributed by atoms with Crippen LogP contribution in [0.25, 0.3) is 0 Å². The third-order valence-corrected chi connectivity index (χ3v) is 6.67. The molecule has 1 saturated carbocycles. The average molecular weight is 482 g/mol. The molecule has 4 nitrogen and oxygen atoms in total. The second-order valence-electron chi connectivity index (χ2n) is 8.10. The van der Waals surface area contributed by atoms with Crippen molar-refractivity contribution in [2.45, 2.75) is 64.1 Å². The first-order valence-corrected chi connectivity index (χ1v) is 11.7. The number of carbonyl (C=O) groups is 2. The molecule has 1 aliphatic carbocycles. The number of rotatable bonds is 7. The first-order valence-electron chi connectivity index (χ1n) is 10.6. The van der Waals surface area contributed by atoms with Crippen LogP contribution in [0.1, 0.15) is 50.2 Å². The zero-order chi connectivity index (χ0) is 22.4. The molecule has 7 heteroatoms. The monoisotopic (exact) mass is 480 g/mol. The molecule has 0 aromatic heterocycles. The first kappa shape index (κ1) is 23.9. The van der Waals surface area contributed by atoms with Crippen molar-refractivity contribution >= 4 is 46.6 Å². The Morgan fingerprint density at radius 2 is 1.74 bits per heavy atom. The number of carbonyl (C=O) groups excluding carboxylic acids is 2. The van der Waals surface area contributed by atoms with E-state index in [2.05, 4.69) is 5.32 Å². The summed E-state index contributed by atoms with van der Waals surface area (Å²) in [6.45, 7) is 2.03. The van der Waals surface area contributed by atoms with Crippen LogP contribution in [0.3, 0.4) is 0 Å². The molecule has 1 N–H and O–H groups in total. The molecule has 0 heterocycles. The summed E-state index contributed by atoms with van der Waals surface area (Å²) in [6, 6.07) is 12.0. The van der Waals surface area contributed by atoms with E-state index >= 15 is 0 Å². The van der Waals surface area contributed by atoms with E-state index in [0.717, 1.165) is 36.8 Å². The predicted octanol–water partition coefficient (Wildman–Crippen LogP) is 6.06. The van der Waals surface area contributed by atoms with Gasteiger partial charge in [0, 0.05) is 17.6 Å². The Balaban J connectivity index is 1.78. The number of nitrogens with one attached hydrogen (secondary N) is 1. The van der Waals surface area contributed by atoms with Crippen molar-refractivity contribution in [3.05, 3.63) is 68.7 Å². The second kappa shape index (κ2) is 11.2. The van der Waals surface area contributed by atoms with E-state index in [9.17, 15) is 9.59 Å². The zero-order valence-electron chi connectivity index (χ0n) is 17.5. The fourth-order valence-corrected chi connectivity index (χ4v) is 4.44. The van der Waals surface area contributed by atoms with Gasteiger partial charge in [-0.2, -0.15) is 0 Å². The Labute approximate surface area is 198 Å². The van der Waals surface area contributed by atoms with Gasteiger partial charge >= 0.3 is 0 Å². The zero-order valence-corrected chi connectivity index (χ0v) is 19.8. The highest BCUT2D eigenvalue weighted by Crippen LogP contribution is 2.24. The molecule has 3 rings (SSSR count). The third-order valence-electron chi connectivity index (χ3n) is 5.70. The Hall–Kier alpha value is -1.75. The lowest BCUT2D eigenvalue weighted by atomic mass is 9.95. The largest absolute Gasteiger partial charge is 0.352 e. The molecular weight excluding hydrogens is 455 g/mol. The van der Waals surface area contributed by atoms with E-state index < -0.39 is 6.04 Å². The number of halogens is 3. The predicted molar refractivity (Wildman–Crippen MR) is 127 cm³/mol. The number of amides is 2. The highest BCUT2D eigenvalue weighted by atomic mass is 35.5. The Kier molecular flexibility index (Phi) is 8.65. The molecule has 2 aromatic carbocycles. The maximum atomic E-state index is 13.3. The summed E-state index contributed by atoms with van der Waals surface area (Å²) in [5, 5.41) is 4.57. The van der Waals surface area contributed by atoms with Crippen LogP contribution in [-0.2, 0) is 22.6 Å². The van der Waals surface area contributed by atoms with E-state index in [4.69, 9.17) is 34.8 Å². The van der Waals surface area contributed by atoms with Crippen molar-refractivity contribution in [3.8, 4) is 0 Å². The van der Waals surface area contributed by atoms with Gasteiger partial charge in [-0.1, -0.05) is 72.3 Å². The van der Waals surface area contributed by atoms with Crippen molar-refractivity contribution in [2.24, 2.45) is 0 Å². The van der Waals surface area contributed by atoms with E-state index in [1.165, 1.54) is 6.42 Å². The summed E-state index contributed by atoms with van der Waals surface area (Å²) >= 11 is 18.3. The lowest BCUT2D eigenvalue weighted by Crippen LogP contribution is -2.50. The quantitative estimate of drug-likeness (QED) is 0.523. The smallest absolute Gasteiger partial charge is 0.242 e. The average Bonchev–Trinajstić information content (AvgIpc) is 2.74.